The molecule has 21 heavy (non-hydrogen) atoms. The van der Waals surface area contributed by atoms with Crippen LogP contribution < -0.4 is 0 Å². The Kier molecular flexibility index (Phi) is 3.42. The molecule has 3 rings (SSSR count). The maximum absolute atomic E-state index is 12.2. The fourth-order valence-electron chi connectivity index (χ4n) is 1.72. The molecule has 7 nitrogen and oxygen atoms in total. The number of carbonyl (C=O) groups excluding carboxylic acids is 1. The van der Waals surface area contributed by atoms with E-state index in [2.05, 4.69) is 14.7 Å². The molecule has 0 spiro atoms. The van der Waals surface area contributed by atoms with Crippen molar-refractivity contribution in [2.45, 2.75) is 0 Å². The number of aromatic nitrogens is 2. The molecule has 0 saturated carbocycles. The van der Waals surface area contributed by atoms with Crippen LogP contribution in [-0.4, -0.2) is 32.2 Å². The fourth-order valence-corrected chi connectivity index (χ4v) is 3.16. The van der Waals surface area contributed by atoms with E-state index in [1.165, 1.54) is 0 Å². The van der Waals surface area contributed by atoms with Crippen molar-refractivity contribution < 1.29 is 14.5 Å². The van der Waals surface area contributed by atoms with Crippen LogP contribution in [0.1, 0.15) is 15.5 Å². The first-order valence-corrected chi connectivity index (χ1v) is 6.84. The van der Waals surface area contributed by atoms with Crippen LogP contribution in [0, 0.1) is 5.41 Å². The highest BCUT2D eigenvalue weighted by atomic mass is 35.5. The van der Waals surface area contributed by atoms with Crippen molar-refractivity contribution in [1.29, 1.82) is 5.41 Å². The Hall–Kier alpha value is -2.29. The van der Waals surface area contributed by atoms with Crippen molar-refractivity contribution in [3.63, 3.8) is 0 Å². The van der Waals surface area contributed by atoms with Gasteiger partial charge in [-0.15, -0.1) is 11.3 Å². The first kappa shape index (κ1) is 13.7. The number of nitrogens with one attached hydrogen (secondary N) is 1. The third-order valence-corrected chi connectivity index (χ3v) is 4.37. The van der Waals surface area contributed by atoms with E-state index in [9.17, 15) is 10.0 Å². The monoisotopic (exact) mass is 322 g/mol. The fraction of sp³-hybridized carbons (Fsp3) is 0. The van der Waals surface area contributed by atoms with Crippen LogP contribution >= 0.6 is 22.9 Å². The van der Waals surface area contributed by atoms with E-state index in [-0.39, 0.29) is 20.8 Å². The van der Waals surface area contributed by atoms with Crippen LogP contribution in [0.3, 0.4) is 0 Å². The summed E-state index contributed by atoms with van der Waals surface area (Å²) in [5, 5.41) is 22.0. The SMILES string of the molecule is N=C(c1ncon1)N(O)C(=O)c1sc2ccccc2c1Cl. The Bertz CT molecular complexity index is 830. The van der Waals surface area contributed by atoms with Gasteiger partial charge in [0.05, 0.1) is 5.02 Å². The molecule has 1 aromatic carbocycles. The van der Waals surface area contributed by atoms with Crippen LogP contribution in [0.15, 0.2) is 35.2 Å². The third kappa shape index (κ3) is 2.29. The molecular formula is C12H7ClN4O3S. The minimum atomic E-state index is -0.823. The van der Waals surface area contributed by atoms with Gasteiger partial charge < -0.3 is 4.52 Å². The van der Waals surface area contributed by atoms with Gasteiger partial charge in [0.2, 0.25) is 18.1 Å². The topological polar surface area (TPSA) is 103 Å². The number of amides is 1. The molecule has 0 aliphatic carbocycles. The highest BCUT2D eigenvalue weighted by molar-refractivity contribution is 7.21. The molecule has 0 aliphatic rings. The van der Waals surface area contributed by atoms with Gasteiger partial charge in [0.15, 0.2) is 0 Å². The number of thiophene rings is 1. The standard InChI is InChI=1S/C12H7ClN4O3S/c13-8-6-3-1-2-4-7(6)21-9(8)12(18)17(19)10(14)11-15-5-20-16-11/h1-5,14,19H. The minimum absolute atomic E-state index is 0.133. The molecule has 9 heteroatoms. The number of benzene rings is 1. The molecule has 2 heterocycles. The lowest BCUT2D eigenvalue weighted by atomic mass is 10.2. The molecular weight excluding hydrogens is 316 g/mol. The molecule has 3 aromatic rings. The molecule has 2 N–H and O–H groups in total. The first-order chi connectivity index (χ1) is 10.1. The van der Waals surface area contributed by atoms with Crippen LogP contribution in [0.2, 0.25) is 5.02 Å². The number of nitrogens with zero attached hydrogens (tertiary/aromatic N) is 3. The molecule has 0 aliphatic heterocycles. The summed E-state index contributed by atoms with van der Waals surface area (Å²) in [6.45, 7) is 0. The quantitative estimate of drug-likeness (QED) is 0.327. The van der Waals surface area contributed by atoms with E-state index < -0.39 is 11.7 Å². The van der Waals surface area contributed by atoms with Gasteiger partial charge >= 0.3 is 0 Å². The maximum Gasteiger partial charge on any atom is 0.295 e. The van der Waals surface area contributed by atoms with Crippen molar-refractivity contribution >= 4 is 44.8 Å². The van der Waals surface area contributed by atoms with Gasteiger partial charge in [0, 0.05) is 10.1 Å². The van der Waals surface area contributed by atoms with Crippen molar-refractivity contribution in [1.82, 2.24) is 15.2 Å². The summed E-state index contributed by atoms with van der Waals surface area (Å²) in [5.74, 6) is -1.62. The molecule has 1 amide bonds. The van der Waals surface area contributed by atoms with Crippen LogP contribution in [-0.2, 0) is 0 Å². The van der Waals surface area contributed by atoms with Crippen LogP contribution in [0.5, 0.6) is 0 Å². The number of hydrogen-bond donors (Lipinski definition) is 2. The summed E-state index contributed by atoms with van der Waals surface area (Å²) in [4.78, 5) is 16.0. The van der Waals surface area contributed by atoms with Crippen LogP contribution in [0.25, 0.3) is 10.1 Å². The maximum atomic E-state index is 12.2. The van der Waals surface area contributed by atoms with Gasteiger partial charge in [-0.05, 0) is 6.07 Å². The Morgan fingerprint density at radius 1 is 1.43 bits per heavy atom. The normalized spacial score (nSPS) is 10.8. The van der Waals surface area contributed by atoms with Crippen molar-refractivity contribution in [3.8, 4) is 0 Å². The van der Waals surface area contributed by atoms with Gasteiger partial charge in [-0.25, -0.2) is 0 Å². The van der Waals surface area contributed by atoms with E-state index in [4.69, 9.17) is 17.0 Å². The average molecular weight is 323 g/mol. The predicted octanol–water partition coefficient (Wildman–Crippen LogP) is 2.79. The molecule has 0 saturated heterocycles. The summed E-state index contributed by atoms with van der Waals surface area (Å²) < 4.78 is 5.28. The lowest BCUT2D eigenvalue weighted by Gasteiger charge is -2.12. The van der Waals surface area contributed by atoms with E-state index in [1.54, 1.807) is 12.1 Å². The van der Waals surface area contributed by atoms with Gasteiger partial charge in [0.25, 0.3) is 5.91 Å². The summed E-state index contributed by atoms with van der Waals surface area (Å²) in [5.41, 5.74) is 0. The number of halogens is 1. The zero-order chi connectivity index (χ0) is 15.0. The van der Waals surface area contributed by atoms with Crippen molar-refractivity contribution in [2.75, 3.05) is 0 Å². The molecule has 0 unspecified atom stereocenters. The van der Waals surface area contributed by atoms with E-state index >= 15 is 0 Å². The summed E-state index contributed by atoms with van der Waals surface area (Å²) in [6.07, 6.45) is 0.995. The highest BCUT2D eigenvalue weighted by Gasteiger charge is 2.26. The second-order valence-electron chi connectivity index (χ2n) is 3.96. The molecule has 2 aromatic heterocycles. The second-order valence-corrected chi connectivity index (χ2v) is 5.39. The smallest absolute Gasteiger partial charge is 0.295 e. The van der Waals surface area contributed by atoms with E-state index in [0.29, 0.717) is 5.39 Å². The Labute approximate surface area is 126 Å². The van der Waals surface area contributed by atoms with Gasteiger partial charge in [-0.2, -0.15) is 10.0 Å². The number of fused-ring (bicyclic) bond motifs is 1. The second kappa shape index (κ2) is 5.24. The van der Waals surface area contributed by atoms with Crippen molar-refractivity contribution in [2.24, 2.45) is 0 Å². The lowest BCUT2D eigenvalue weighted by Crippen LogP contribution is -2.34. The lowest BCUT2D eigenvalue weighted by molar-refractivity contribution is -0.00303. The van der Waals surface area contributed by atoms with Gasteiger partial charge in [-0.3, -0.25) is 15.4 Å². The van der Waals surface area contributed by atoms with E-state index in [0.717, 1.165) is 22.4 Å². The summed E-state index contributed by atoms with van der Waals surface area (Å²) in [7, 11) is 0. The molecule has 106 valence electrons. The number of rotatable bonds is 2. The average Bonchev–Trinajstić information content (AvgIpc) is 3.14. The predicted molar refractivity (Wildman–Crippen MR) is 75.9 cm³/mol. The van der Waals surface area contributed by atoms with Crippen molar-refractivity contribution in [3.05, 3.63) is 46.4 Å². The first-order valence-electron chi connectivity index (χ1n) is 5.65. The Morgan fingerprint density at radius 3 is 2.86 bits per heavy atom. The van der Waals surface area contributed by atoms with Gasteiger partial charge in [-0.1, -0.05) is 35.0 Å². The number of hydrogen-bond acceptors (Lipinski definition) is 7. The summed E-state index contributed by atoms with van der Waals surface area (Å²) >= 11 is 7.29. The summed E-state index contributed by atoms with van der Waals surface area (Å²) in [6, 6.07) is 7.21. The number of hydroxylamine groups is 2. The molecule has 0 bridgehead atoms. The number of carbonyl (C=O) groups is 1. The van der Waals surface area contributed by atoms with Gasteiger partial charge in [0.1, 0.15) is 4.88 Å². The Balaban J connectivity index is 1.97. The zero-order valence-corrected chi connectivity index (χ0v) is 11.9. The number of amidine groups is 1. The molecule has 0 radical (unpaired) electrons. The molecule has 0 fully saturated rings. The largest absolute Gasteiger partial charge is 0.342 e. The highest BCUT2D eigenvalue weighted by Crippen LogP contribution is 2.35. The van der Waals surface area contributed by atoms with E-state index in [1.807, 2.05) is 12.1 Å². The molecule has 0 atom stereocenters. The Morgan fingerprint density at radius 2 is 2.19 bits per heavy atom. The minimum Gasteiger partial charge on any atom is -0.342 e. The zero-order valence-electron chi connectivity index (χ0n) is 10.3. The third-order valence-electron chi connectivity index (χ3n) is 2.71. The van der Waals surface area contributed by atoms with Crippen LogP contribution in [0.4, 0.5) is 0 Å².